The molecule has 3 rings (SSSR count). The lowest BCUT2D eigenvalue weighted by Gasteiger charge is -2.12. The molecule has 7 nitrogen and oxygen atoms in total. The van der Waals surface area contributed by atoms with Gasteiger partial charge < -0.3 is 25.8 Å². The van der Waals surface area contributed by atoms with E-state index in [-0.39, 0.29) is 41.2 Å². The maximum absolute atomic E-state index is 12.1. The number of phenolic OH excluding ortho intramolecular Hbond substituents is 1. The van der Waals surface area contributed by atoms with Crippen LogP contribution in [0, 0.1) is 0 Å². The molecule has 0 unspecified atom stereocenters. The van der Waals surface area contributed by atoms with E-state index < -0.39 is 0 Å². The number of hydrogen-bond acceptors (Lipinski definition) is 4. The molecule has 1 aliphatic heterocycles. The summed E-state index contributed by atoms with van der Waals surface area (Å²) >= 11 is 0. The summed E-state index contributed by atoms with van der Waals surface area (Å²) in [5.74, 6) is 1.39. The van der Waals surface area contributed by atoms with Crippen LogP contribution >= 0.6 is 24.0 Å². The van der Waals surface area contributed by atoms with Gasteiger partial charge in [0.05, 0.1) is 12.2 Å². The molecule has 8 heteroatoms. The monoisotopic (exact) mass is 524 g/mol. The van der Waals surface area contributed by atoms with E-state index in [1.165, 1.54) is 17.2 Å². The van der Waals surface area contributed by atoms with Crippen LogP contribution in [-0.4, -0.2) is 49.8 Å². The van der Waals surface area contributed by atoms with Gasteiger partial charge in [-0.2, -0.15) is 0 Å². The van der Waals surface area contributed by atoms with Crippen molar-refractivity contribution in [1.29, 1.82) is 0 Å². The number of amides is 1. The second kappa shape index (κ2) is 12.3. The second-order valence-electron chi connectivity index (χ2n) is 6.75. The summed E-state index contributed by atoms with van der Waals surface area (Å²) in [5.41, 5.74) is 2.80. The van der Waals surface area contributed by atoms with E-state index in [4.69, 9.17) is 4.74 Å². The van der Waals surface area contributed by atoms with Crippen molar-refractivity contribution in [3.05, 3.63) is 59.2 Å². The van der Waals surface area contributed by atoms with Crippen LogP contribution in [0.5, 0.6) is 11.5 Å². The molecule has 0 atom stereocenters. The SMILES string of the molecule is CCNC(=NCCc1ccc2c(c1)CCO2)NCCNC(=O)c1ccccc1O.I. The molecular formula is C22H29IN4O3. The number of rotatable bonds is 8. The van der Waals surface area contributed by atoms with Gasteiger partial charge in [-0.3, -0.25) is 9.79 Å². The van der Waals surface area contributed by atoms with Gasteiger partial charge in [-0.05, 0) is 42.7 Å². The minimum absolute atomic E-state index is 0. The first-order valence-corrected chi connectivity index (χ1v) is 10.0. The van der Waals surface area contributed by atoms with Crippen LogP contribution < -0.4 is 20.7 Å². The fraction of sp³-hybridized carbons (Fsp3) is 0.364. The Morgan fingerprint density at radius 2 is 1.93 bits per heavy atom. The quantitative estimate of drug-likeness (QED) is 0.184. The van der Waals surface area contributed by atoms with Gasteiger partial charge in [-0.15, -0.1) is 24.0 Å². The van der Waals surface area contributed by atoms with E-state index in [2.05, 4.69) is 33.1 Å². The smallest absolute Gasteiger partial charge is 0.255 e. The molecule has 0 saturated carbocycles. The zero-order valence-corrected chi connectivity index (χ0v) is 19.4. The average molecular weight is 524 g/mol. The standard InChI is InChI=1S/C22H28N4O3.HI/c1-2-23-22(25-11-9-16-7-8-20-17(15-16)10-14-29-20)26-13-12-24-21(28)18-5-3-4-6-19(18)27;/h3-8,15,27H,2,9-14H2,1H3,(H,24,28)(H2,23,25,26);1H. The van der Waals surface area contributed by atoms with Gasteiger partial charge in [0.2, 0.25) is 0 Å². The first-order chi connectivity index (χ1) is 14.2. The van der Waals surface area contributed by atoms with Crippen molar-refractivity contribution in [3.8, 4) is 11.5 Å². The average Bonchev–Trinajstić information content (AvgIpc) is 3.19. The highest BCUT2D eigenvalue weighted by Crippen LogP contribution is 2.25. The molecule has 30 heavy (non-hydrogen) atoms. The number of para-hydroxylation sites is 1. The molecule has 162 valence electrons. The van der Waals surface area contributed by atoms with Crippen LogP contribution in [0.25, 0.3) is 0 Å². The molecule has 0 fully saturated rings. The zero-order chi connectivity index (χ0) is 20.5. The van der Waals surface area contributed by atoms with Crippen molar-refractivity contribution in [1.82, 2.24) is 16.0 Å². The number of ether oxygens (including phenoxy) is 1. The molecule has 4 N–H and O–H groups in total. The Kier molecular flexibility index (Phi) is 9.72. The van der Waals surface area contributed by atoms with E-state index in [1.807, 2.05) is 13.0 Å². The predicted octanol–water partition coefficient (Wildman–Crippen LogP) is 2.47. The third-order valence-electron chi connectivity index (χ3n) is 4.62. The number of aliphatic imine (C=N–C) groups is 1. The van der Waals surface area contributed by atoms with Gasteiger partial charge in [0, 0.05) is 32.6 Å². The number of nitrogens with zero attached hydrogens (tertiary/aromatic N) is 1. The highest BCUT2D eigenvalue weighted by Gasteiger charge is 2.12. The van der Waals surface area contributed by atoms with Crippen LogP contribution in [0.4, 0.5) is 0 Å². The normalized spacial score (nSPS) is 12.4. The van der Waals surface area contributed by atoms with Crippen LogP contribution in [0.15, 0.2) is 47.5 Å². The third kappa shape index (κ3) is 6.79. The summed E-state index contributed by atoms with van der Waals surface area (Å²) in [7, 11) is 0. The molecular weight excluding hydrogens is 495 g/mol. The van der Waals surface area contributed by atoms with Gasteiger partial charge in [-0.25, -0.2) is 0 Å². The Labute approximate surface area is 194 Å². The van der Waals surface area contributed by atoms with Gasteiger partial charge in [0.15, 0.2) is 5.96 Å². The lowest BCUT2D eigenvalue weighted by molar-refractivity contribution is 0.0951. The minimum atomic E-state index is -0.299. The number of aromatic hydroxyl groups is 1. The largest absolute Gasteiger partial charge is 0.507 e. The Balaban J connectivity index is 0.00000320. The topological polar surface area (TPSA) is 95.0 Å². The van der Waals surface area contributed by atoms with E-state index in [1.54, 1.807) is 18.2 Å². The van der Waals surface area contributed by atoms with Crippen molar-refractivity contribution in [3.63, 3.8) is 0 Å². The van der Waals surface area contributed by atoms with Gasteiger partial charge in [0.1, 0.15) is 11.5 Å². The van der Waals surface area contributed by atoms with Crippen molar-refractivity contribution < 1.29 is 14.6 Å². The van der Waals surface area contributed by atoms with E-state index in [9.17, 15) is 9.90 Å². The van der Waals surface area contributed by atoms with Crippen molar-refractivity contribution in [2.45, 2.75) is 19.8 Å². The van der Waals surface area contributed by atoms with Crippen molar-refractivity contribution in [2.75, 3.05) is 32.8 Å². The number of phenols is 1. The molecule has 0 aromatic heterocycles. The molecule has 1 heterocycles. The number of guanidine groups is 1. The van der Waals surface area contributed by atoms with Crippen molar-refractivity contribution >= 4 is 35.8 Å². The highest BCUT2D eigenvalue weighted by atomic mass is 127. The summed E-state index contributed by atoms with van der Waals surface area (Å²) in [5, 5.41) is 18.9. The van der Waals surface area contributed by atoms with Crippen molar-refractivity contribution in [2.24, 2.45) is 4.99 Å². The first-order valence-electron chi connectivity index (χ1n) is 10.0. The molecule has 0 radical (unpaired) electrons. The third-order valence-corrected chi connectivity index (χ3v) is 4.62. The van der Waals surface area contributed by atoms with E-state index >= 15 is 0 Å². The highest BCUT2D eigenvalue weighted by molar-refractivity contribution is 14.0. The van der Waals surface area contributed by atoms with Gasteiger partial charge in [0.25, 0.3) is 5.91 Å². The summed E-state index contributed by atoms with van der Waals surface area (Å²) in [6, 6.07) is 12.8. The molecule has 2 aromatic rings. The number of nitrogens with one attached hydrogen (secondary N) is 3. The summed E-state index contributed by atoms with van der Waals surface area (Å²) in [6.07, 6.45) is 1.83. The lowest BCUT2D eigenvalue weighted by atomic mass is 10.1. The zero-order valence-electron chi connectivity index (χ0n) is 17.1. The fourth-order valence-corrected chi connectivity index (χ4v) is 3.15. The van der Waals surface area contributed by atoms with E-state index in [0.717, 1.165) is 31.7 Å². The van der Waals surface area contributed by atoms with Crippen LogP contribution in [0.1, 0.15) is 28.4 Å². The summed E-state index contributed by atoms with van der Waals surface area (Å²) in [6.45, 7) is 5.15. The van der Waals surface area contributed by atoms with Crippen LogP contribution in [-0.2, 0) is 12.8 Å². The Morgan fingerprint density at radius 1 is 1.13 bits per heavy atom. The molecule has 0 bridgehead atoms. The van der Waals surface area contributed by atoms with Crippen LogP contribution in [0.2, 0.25) is 0 Å². The predicted molar refractivity (Wildman–Crippen MR) is 129 cm³/mol. The second-order valence-corrected chi connectivity index (χ2v) is 6.75. The number of halogens is 1. The fourth-order valence-electron chi connectivity index (χ4n) is 3.15. The molecule has 1 aliphatic rings. The Hall–Kier alpha value is -2.49. The maximum atomic E-state index is 12.1. The summed E-state index contributed by atoms with van der Waals surface area (Å²) in [4.78, 5) is 16.7. The van der Waals surface area contributed by atoms with E-state index in [0.29, 0.717) is 25.6 Å². The number of carbonyl (C=O) groups excluding carboxylic acids is 1. The molecule has 2 aromatic carbocycles. The summed E-state index contributed by atoms with van der Waals surface area (Å²) < 4.78 is 5.54. The van der Waals surface area contributed by atoms with Crippen LogP contribution in [0.3, 0.4) is 0 Å². The molecule has 1 amide bonds. The minimum Gasteiger partial charge on any atom is -0.507 e. The maximum Gasteiger partial charge on any atom is 0.255 e. The number of fused-ring (bicyclic) bond motifs is 1. The Bertz CT molecular complexity index is 873. The first kappa shape index (κ1) is 23.8. The van der Waals surface area contributed by atoms with Gasteiger partial charge in [-0.1, -0.05) is 24.3 Å². The molecule has 0 spiro atoms. The number of carbonyl (C=O) groups is 1. The number of hydrogen-bond donors (Lipinski definition) is 4. The molecule has 0 aliphatic carbocycles. The Morgan fingerprint density at radius 3 is 2.73 bits per heavy atom. The molecule has 0 saturated heterocycles. The van der Waals surface area contributed by atoms with Gasteiger partial charge >= 0.3 is 0 Å². The number of benzene rings is 2. The lowest BCUT2D eigenvalue weighted by Crippen LogP contribution is -2.41.